The van der Waals surface area contributed by atoms with Gasteiger partial charge in [-0.05, 0) is 88.4 Å². The van der Waals surface area contributed by atoms with Crippen LogP contribution < -0.4 is 0 Å². The molecule has 0 aromatic heterocycles. The Morgan fingerprint density at radius 2 is 1.53 bits per heavy atom. The first-order valence-corrected chi connectivity index (χ1v) is 12.4. The summed E-state index contributed by atoms with van der Waals surface area (Å²) in [5, 5.41) is 0. The molecular weight excluding hydrogens is 394 g/mol. The van der Waals surface area contributed by atoms with Crippen molar-refractivity contribution in [3.05, 3.63) is 71.3 Å². The molecule has 2 aromatic rings. The van der Waals surface area contributed by atoms with Crippen molar-refractivity contribution >= 4 is 5.91 Å². The Kier molecular flexibility index (Phi) is 7.99. The van der Waals surface area contributed by atoms with Crippen molar-refractivity contribution in [2.45, 2.75) is 44.6 Å². The van der Waals surface area contributed by atoms with E-state index >= 15 is 0 Å². The van der Waals surface area contributed by atoms with E-state index < -0.39 is 0 Å². The van der Waals surface area contributed by atoms with E-state index in [0.717, 1.165) is 31.6 Å². The van der Waals surface area contributed by atoms with E-state index in [1.165, 1.54) is 49.9 Å². The van der Waals surface area contributed by atoms with Gasteiger partial charge in [0, 0.05) is 19.1 Å². The van der Waals surface area contributed by atoms with Gasteiger partial charge in [0.2, 0.25) is 5.91 Å². The fourth-order valence-electron chi connectivity index (χ4n) is 5.38. The highest BCUT2D eigenvalue weighted by Crippen LogP contribution is 2.29. The van der Waals surface area contributed by atoms with Gasteiger partial charge in [-0.1, -0.05) is 54.6 Å². The maximum absolute atomic E-state index is 13.2. The number of rotatable bonds is 9. The van der Waals surface area contributed by atoms with Crippen LogP contribution in [0.2, 0.25) is 0 Å². The van der Waals surface area contributed by atoms with Crippen LogP contribution in [0.3, 0.4) is 0 Å². The lowest BCUT2D eigenvalue weighted by Crippen LogP contribution is -2.45. The summed E-state index contributed by atoms with van der Waals surface area (Å²) in [6.07, 6.45) is 6.36. The summed E-state index contributed by atoms with van der Waals surface area (Å²) in [4.78, 5) is 20.2. The van der Waals surface area contributed by atoms with Gasteiger partial charge >= 0.3 is 0 Å². The number of benzene rings is 2. The molecule has 4 heteroatoms. The average Bonchev–Trinajstić information content (AvgIpc) is 3.23. The number of carbonyl (C=O) groups is 1. The molecule has 4 rings (SSSR count). The highest BCUT2D eigenvalue weighted by atomic mass is 16.2. The summed E-state index contributed by atoms with van der Waals surface area (Å²) in [6, 6.07) is 19.8. The summed E-state index contributed by atoms with van der Waals surface area (Å²) in [6.45, 7) is 5.14. The van der Waals surface area contributed by atoms with Crippen molar-refractivity contribution in [3.63, 3.8) is 0 Å². The first kappa shape index (κ1) is 23.0. The molecule has 2 aromatic carbocycles. The SMILES string of the molecule is CN(C)CCCN(CC1CCN(C2Cc3ccccc3C2)CC1)C(=O)Cc1ccccc1. The van der Waals surface area contributed by atoms with Gasteiger partial charge in [0.1, 0.15) is 0 Å². The maximum atomic E-state index is 13.2. The van der Waals surface area contributed by atoms with E-state index in [1.807, 2.05) is 18.2 Å². The molecule has 1 aliphatic carbocycles. The van der Waals surface area contributed by atoms with Crippen LogP contribution in [-0.2, 0) is 24.1 Å². The second-order valence-corrected chi connectivity index (χ2v) is 9.97. The molecule has 1 aliphatic heterocycles. The molecule has 0 bridgehead atoms. The molecule has 1 fully saturated rings. The maximum Gasteiger partial charge on any atom is 0.226 e. The molecule has 0 radical (unpaired) electrons. The number of likely N-dealkylation sites (tertiary alicyclic amines) is 1. The van der Waals surface area contributed by atoms with Crippen LogP contribution in [0.1, 0.15) is 36.0 Å². The van der Waals surface area contributed by atoms with Crippen molar-refractivity contribution in [2.24, 2.45) is 5.92 Å². The molecule has 4 nitrogen and oxygen atoms in total. The predicted molar refractivity (Wildman–Crippen MR) is 132 cm³/mol. The van der Waals surface area contributed by atoms with E-state index in [0.29, 0.717) is 18.4 Å². The van der Waals surface area contributed by atoms with Crippen LogP contribution >= 0.6 is 0 Å². The fraction of sp³-hybridized carbons (Fsp3) is 0.536. The molecule has 2 aliphatic rings. The van der Waals surface area contributed by atoms with E-state index in [4.69, 9.17) is 0 Å². The first-order valence-electron chi connectivity index (χ1n) is 12.4. The molecule has 1 heterocycles. The Morgan fingerprint density at radius 3 is 2.16 bits per heavy atom. The van der Waals surface area contributed by atoms with Crippen molar-refractivity contribution in [1.82, 2.24) is 14.7 Å². The summed E-state index contributed by atoms with van der Waals surface area (Å²) < 4.78 is 0. The standard InChI is InChI=1S/C28H39N3O/c1-29(2)15-8-16-31(28(32)19-23-9-4-3-5-10-23)22-24-13-17-30(18-14-24)27-20-25-11-6-7-12-26(25)21-27/h3-7,9-12,24,27H,8,13-22H2,1-2H3. The zero-order valence-corrected chi connectivity index (χ0v) is 19.9. The number of hydrogen-bond acceptors (Lipinski definition) is 3. The van der Waals surface area contributed by atoms with Crippen LogP contribution in [0, 0.1) is 5.92 Å². The number of fused-ring (bicyclic) bond motifs is 1. The molecule has 172 valence electrons. The first-order chi connectivity index (χ1) is 15.6. The zero-order chi connectivity index (χ0) is 22.3. The molecule has 0 atom stereocenters. The van der Waals surface area contributed by atoms with Crippen LogP contribution in [0.4, 0.5) is 0 Å². The second-order valence-electron chi connectivity index (χ2n) is 9.97. The van der Waals surface area contributed by atoms with E-state index in [-0.39, 0.29) is 5.91 Å². The third kappa shape index (κ3) is 6.20. The van der Waals surface area contributed by atoms with E-state index in [1.54, 1.807) is 0 Å². The van der Waals surface area contributed by atoms with E-state index in [9.17, 15) is 4.79 Å². The zero-order valence-electron chi connectivity index (χ0n) is 19.9. The number of piperidine rings is 1. The molecule has 32 heavy (non-hydrogen) atoms. The third-order valence-corrected chi connectivity index (χ3v) is 7.26. The van der Waals surface area contributed by atoms with Crippen LogP contribution in [0.5, 0.6) is 0 Å². The smallest absolute Gasteiger partial charge is 0.226 e. The lowest BCUT2D eigenvalue weighted by Gasteiger charge is -2.38. The summed E-state index contributed by atoms with van der Waals surface area (Å²) in [7, 11) is 4.21. The van der Waals surface area contributed by atoms with Gasteiger partial charge in [0.15, 0.2) is 0 Å². The molecule has 0 spiro atoms. The molecule has 0 N–H and O–H groups in total. The largest absolute Gasteiger partial charge is 0.342 e. The Hall–Kier alpha value is -2.17. The highest BCUT2D eigenvalue weighted by Gasteiger charge is 2.30. The summed E-state index contributed by atoms with van der Waals surface area (Å²) >= 11 is 0. The quantitative estimate of drug-likeness (QED) is 0.600. The monoisotopic (exact) mass is 433 g/mol. The van der Waals surface area contributed by atoms with Crippen molar-refractivity contribution in [1.29, 1.82) is 0 Å². The molecule has 1 amide bonds. The number of amides is 1. The third-order valence-electron chi connectivity index (χ3n) is 7.26. The molecule has 1 saturated heterocycles. The second kappa shape index (κ2) is 11.1. The minimum absolute atomic E-state index is 0.281. The minimum atomic E-state index is 0.281. The Bertz CT molecular complexity index is 833. The Labute approximate surface area is 194 Å². The molecule has 0 unspecified atom stereocenters. The van der Waals surface area contributed by atoms with Gasteiger partial charge in [-0.3, -0.25) is 9.69 Å². The number of nitrogens with zero attached hydrogens (tertiary/aromatic N) is 3. The van der Waals surface area contributed by atoms with Gasteiger partial charge in [0.25, 0.3) is 0 Å². The van der Waals surface area contributed by atoms with Crippen LogP contribution in [-0.4, -0.2) is 73.5 Å². The van der Waals surface area contributed by atoms with Crippen molar-refractivity contribution in [2.75, 3.05) is 46.8 Å². The van der Waals surface area contributed by atoms with Crippen LogP contribution in [0.25, 0.3) is 0 Å². The van der Waals surface area contributed by atoms with Gasteiger partial charge in [-0.25, -0.2) is 0 Å². The topological polar surface area (TPSA) is 26.8 Å². The number of carbonyl (C=O) groups excluding carboxylic acids is 1. The lowest BCUT2D eigenvalue weighted by molar-refractivity contribution is -0.131. The van der Waals surface area contributed by atoms with Crippen molar-refractivity contribution < 1.29 is 4.79 Å². The predicted octanol–water partition coefficient (Wildman–Crippen LogP) is 3.89. The normalized spacial score (nSPS) is 17.6. The Morgan fingerprint density at radius 1 is 0.906 bits per heavy atom. The van der Waals surface area contributed by atoms with Crippen LogP contribution in [0.15, 0.2) is 54.6 Å². The molecular formula is C28H39N3O. The number of hydrogen-bond donors (Lipinski definition) is 0. The lowest BCUT2D eigenvalue weighted by atomic mass is 9.94. The fourth-order valence-corrected chi connectivity index (χ4v) is 5.38. The summed E-state index contributed by atoms with van der Waals surface area (Å²) in [5.74, 6) is 0.901. The average molecular weight is 434 g/mol. The molecule has 0 saturated carbocycles. The van der Waals surface area contributed by atoms with Gasteiger partial charge < -0.3 is 9.80 Å². The van der Waals surface area contributed by atoms with Crippen molar-refractivity contribution in [3.8, 4) is 0 Å². The summed E-state index contributed by atoms with van der Waals surface area (Å²) in [5.41, 5.74) is 4.20. The van der Waals surface area contributed by atoms with Gasteiger partial charge in [0.05, 0.1) is 6.42 Å². The minimum Gasteiger partial charge on any atom is -0.342 e. The highest BCUT2D eigenvalue weighted by molar-refractivity contribution is 5.78. The van der Waals surface area contributed by atoms with Gasteiger partial charge in [-0.2, -0.15) is 0 Å². The Balaban J connectivity index is 1.29. The van der Waals surface area contributed by atoms with E-state index in [2.05, 4.69) is 65.2 Å². The van der Waals surface area contributed by atoms with Gasteiger partial charge in [-0.15, -0.1) is 0 Å².